The third kappa shape index (κ3) is 2.52. The van der Waals surface area contributed by atoms with Crippen molar-refractivity contribution in [1.29, 1.82) is 0 Å². The van der Waals surface area contributed by atoms with Crippen LogP contribution in [0.4, 0.5) is 0 Å². The molecule has 1 aliphatic heterocycles. The molecule has 0 saturated carbocycles. The van der Waals surface area contributed by atoms with Crippen molar-refractivity contribution < 1.29 is 9.31 Å². The van der Waals surface area contributed by atoms with Crippen LogP contribution in [0.2, 0.25) is 0 Å². The Morgan fingerprint density at radius 3 is 2.21 bits per heavy atom. The molecule has 1 aromatic heterocycles. The molecule has 28 heavy (non-hydrogen) atoms. The molecule has 1 aliphatic carbocycles. The van der Waals surface area contributed by atoms with E-state index in [0.29, 0.717) is 0 Å². The first-order chi connectivity index (χ1) is 13.4. The molecule has 0 unspecified atom stereocenters. The number of fused-ring (bicyclic) bond motifs is 3. The quantitative estimate of drug-likeness (QED) is 0.548. The van der Waals surface area contributed by atoms with Gasteiger partial charge in [0.1, 0.15) is 0 Å². The molecule has 5 rings (SSSR count). The highest BCUT2D eigenvalue weighted by molar-refractivity contribution is 6.69. The van der Waals surface area contributed by atoms with Crippen LogP contribution in [0.5, 0.6) is 0 Å². The lowest BCUT2D eigenvalue weighted by Gasteiger charge is -2.32. The van der Waals surface area contributed by atoms with Crippen LogP contribution in [0.15, 0.2) is 60.7 Å². The highest BCUT2D eigenvalue weighted by Gasteiger charge is 2.53. The maximum absolute atomic E-state index is 6.44. The second-order valence-corrected chi connectivity index (χ2v) is 8.80. The number of benzene rings is 2. The van der Waals surface area contributed by atoms with Crippen molar-refractivity contribution in [2.75, 3.05) is 0 Å². The Kier molecular flexibility index (Phi) is 3.87. The summed E-state index contributed by atoms with van der Waals surface area (Å²) in [6.45, 7) is 8.46. The van der Waals surface area contributed by atoms with Gasteiger partial charge in [0, 0.05) is 22.2 Å². The lowest BCUT2D eigenvalue weighted by molar-refractivity contribution is 0.00578. The molecule has 0 spiro atoms. The smallest absolute Gasteiger partial charge is 0.399 e. The number of allylic oxidation sites excluding steroid dienone is 1. The van der Waals surface area contributed by atoms with E-state index in [9.17, 15) is 0 Å². The van der Waals surface area contributed by atoms with E-state index in [1.807, 2.05) is 0 Å². The summed E-state index contributed by atoms with van der Waals surface area (Å²) in [6.07, 6.45) is 4.36. The molecular weight excluding hydrogens is 345 g/mol. The molecule has 0 bridgehead atoms. The molecule has 2 aliphatic rings. The molecule has 142 valence electrons. The monoisotopic (exact) mass is 371 g/mol. The van der Waals surface area contributed by atoms with Crippen LogP contribution in [0.3, 0.4) is 0 Å². The molecule has 4 heteroatoms. The summed E-state index contributed by atoms with van der Waals surface area (Å²) in [5.74, 6) is 0. The van der Waals surface area contributed by atoms with Gasteiger partial charge in [-0.05, 0) is 64.3 Å². The Bertz CT molecular complexity index is 1060. The molecule has 1 saturated heterocycles. The Morgan fingerprint density at radius 1 is 0.857 bits per heavy atom. The van der Waals surface area contributed by atoms with Gasteiger partial charge < -0.3 is 13.9 Å². The van der Waals surface area contributed by atoms with E-state index in [-0.39, 0.29) is 18.3 Å². The Balaban J connectivity index is 1.74. The molecular formula is C24H26BNO2. The molecule has 3 nitrogen and oxygen atoms in total. The highest BCUT2D eigenvalue weighted by Crippen LogP contribution is 2.44. The highest BCUT2D eigenvalue weighted by atomic mass is 16.7. The molecule has 0 N–H and O–H groups in total. The lowest BCUT2D eigenvalue weighted by atomic mass is 9.72. The van der Waals surface area contributed by atoms with Gasteiger partial charge in [-0.25, -0.2) is 0 Å². The minimum absolute atomic E-state index is 0.348. The Labute approximate surface area is 167 Å². The fourth-order valence-corrected chi connectivity index (χ4v) is 4.36. The summed E-state index contributed by atoms with van der Waals surface area (Å²) < 4.78 is 15.3. The second kappa shape index (κ2) is 6.10. The van der Waals surface area contributed by atoms with Crippen molar-refractivity contribution in [3.63, 3.8) is 0 Å². The maximum atomic E-state index is 6.44. The Morgan fingerprint density at radius 2 is 1.50 bits per heavy atom. The van der Waals surface area contributed by atoms with E-state index < -0.39 is 0 Å². The minimum Gasteiger partial charge on any atom is -0.399 e. The second-order valence-electron chi connectivity index (χ2n) is 8.80. The first kappa shape index (κ1) is 17.8. The molecule has 3 aromatic rings. The van der Waals surface area contributed by atoms with Gasteiger partial charge in [-0.2, -0.15) is 0 Å². The molecule has 0 radical (unpaired) electrons. The average Bonchev–Trinajstić information content (AvgIpc) is 3.13. The summed E-state index contributed by atoms with van der Waals surface area (Å²) in [5.41, 5.74) is 5.50. The van der Waals surface area contributed by atoms with Gasteiger partial charge in [-0.3, -0.25) is 0 Å². The summed E-state index contributed by atoms with van der Waals surface area (Å²) in [4.78, 5) is 0. The minimum atomic E-state index is -0.351. The van der Waals surface area contributed by atoms with Crippen LogP contribution in [0.1, 0.15) is 45.4 Å². The standard InChI is InChI=1S/C24H26BNO2/c1-23(2)24(3,4)28-25(27-23)20-15-10-14-19-18-13-8-9-16-21(18)26(22(19)20)17-11-6-5-7-12-17/h5-9,11-13,15-16H,10,14H2,1-4H3. The van der Waals surface area contributed by atoms with Gasteiger partial charge in [0.05, 0.1) is 16.7 Å². The number of nitrogens with zero attached hydrogens (tertiary/aromatic N) is 1. The zero-order valence-electron chi connectivity index (χ0n) is 17.0. The van der Waals surface area contributed by atoms with E-state index in [2.05, 4.69) is 92.9 Å². The third-order valence-corrected chi connectivity index (χ3v) is 6.53. The van der Waals surface area contributed by atoms with E-state index in [1.54, 1.807) is 0 Å². The Hall–Kier alpha value is -2.30. The largest absolute Gasteiger partial charge is 0.496 e. The fraction of sp³-hybridized carbons (Fsp3) is 0.333. The fourth-order valence-electron chi connectivity index (χ4n) is 4.36. The van der Waals surface area contributed by atoms with Crippen LogP contribution in [-0.4, -0.2) is 22.9 Å². The SMILES string of the molecule is CC1(C)OB(C2=CCCc3c2n(-c2ccccc2)c2ccccc32)OC1(C)C. The van der Waals surface area contributed by atoms with E-state index in [0.717, 1.165) is 18.3 Å². The van der Waals surface area contributed by atoms with E-state index in [1.165, 1.54) is 27.8 Å². The summed E-state index contributed by atoms with van der Waals surface area (Å²) in [7, 11) is -0.351. The van der Waals surface area contributed by atoms with Crippen molar-refractivity contribution in [1.82, 2.24) is 4.57 Å². The number of para-hydroxylation sites is 2. The normalized spacial score (nSPS) is 20.3. The molecule has 2 heterocycles. The van der Waals surface area contributed by atoms with Crippen LogP contribution in [0.25, 0.3) is 22.1 Å². The van der Waals surface area contributed by atoms with Crippen molar-refractivity contribution in [2.24, 2.45) is 0 Å². The van der Waals surface area contributed by atoms with Crippen molar-refractivity contribution >= 4 is 23.5 Å². The number of aryl methyl sites for hydroxylation is 1. The van der Waals surface area contributed by atoms with Gasteiger partial charge in [0.2, 0.25) is 0 Å². The first-order valence-electron chi connectivity index (χ1n) is 10.1. The van der Waals surface area contributed by atoms with Crippen LogP contribution in [-0.2, 0) is 15.7 Å². The van der Waals surface area contributed by atoms with Gasteiger partial charge in [0.25, 0.3) is 0 Å². The van der Waals surface area contributed by atoms with E-state index in [4.69, 9.17) is 9.31 Å². The van der Waals surface area contributed by atoms with Crippen LogP contribution in [0, 0.1) is 0 Å². The number of rotatable bonds is 2. The molecule has 1 fully saturated rings. The predicted molar refractivity (Wildman–Crippen MR) is 116 cm³/mol. The summed E-state index contributed by atoms with van der Waals surface area (Å²) in [6, 6.07) is 19.3. The maximum Gasteiger partial charge on any atom is 0.496 e. The first-order valence-corrected chi connectivity index (χ1v) is 10.1. The lowest BCUT2D eigenvalue weighted by Crippen LogP contribution is -2.41. The third-order valence-electron chi connectivity index (χ3n) is 6.53. The predicted octanol–water partition coefficient (Wildman–Crippen LogP) is 5.59. The van der Waals surface area contributed by atoms with Gasteiger partial charge >= 0.3 is 7.12 Å². The molecule has 0 atom stereocenters. The topological polar surface area (TPSA) is 23.4 Å². The number of hydrogen-bond acceptors (Lipinski definition) is 2. The van der Waals surface area contributed by atoms with Crippen LogP contribution < -0.4 is 0 Å². The van der Waals surface area contributed by atoms with Crippen molar-refractivity contribution in [3.8, 4) is 5.69 Å². The van der Waals surface area contributed by atoms with Crippen LogP contribution >= 0.6 is 0 Å². The van der Waals surface area contributed by atoms with Crippen molar-refractivity contribution in [2.45, 2.75) is 51.7 Å². The zero-order chi connectivity index (χ0) is 19.5. The number of hydrogen-bond donors (Lipinski definition) is 0. The van der Waals surface area contributed by atoms with E-state index >= 15 is 0 Å². The zero-order valence-corrected chi connectivity index (χ0v) is 17.0. The molecule has 2 aromatic carbocycles. The van der Waals surface area contributed by atoms with Gasteiger partial charge in [0.15, 0.2) is 0 Å². The average molecular weight is 371 g/mol. The van der Waals surface area contributed by atoms with Gasteiger partial charge in [-0.15, -0.1) is 0 Å². The summed E-state index contributed by atoms with van der Waals surface area (Å²) in [5, 5.41) is 1.32. The molecule has 0 amide bonds. The van der Waals surface area contributed by atoms with Crippen molar-refractivity contribution in [3.05, 3.63) is 71.9 Å². The summed E-state index contributed by atoms with van der Waals surface area (Å²) >= 11 is 0. The van der Waals surface area contributed by atoms with Gasteiger partial charge in [-0.1, -0.05) is 42.5 Å². The number of aromatic nitrogens is 1.